The Balaban J connectivity index is 2.28. The molecule has 0 bridgehead atoms. The number of rotatable bonds is 11. The average Bonchev–Trinajstić information content (AvgIpc) is 2.76. The molecule has 0 radical (unpaired) electrons. The highest BCUT2D eigenvalue weighted by molar-refractivity contribution is 7.89. The van der Waals surface area contributed by atoms with E-state index in [-0.39, 0.29) is 23.4 Å². The van der Waals surface area contributed by atoms with E-state index >= 15 is 0 Å². The summed E-state index contributed by atoms with van der Waals surface area (Å²) in [6.07, 6.45) is 0. The molecule has 0 aromatic heterocycles. The van der Waals surface area contributed by atoms with Crippen molar-refractivity contribution in [3.8, 4) is 5.75 Å². The van der Waals surface area contributed by atoms with Crippen molar-refractivity contribution in [2.45, 2.75) is 38.6 Å². The van der Waals surface area contributed by atoms with Crippen LogP contribution in [0.3, 0.4) is 0 Å². The summed E-state index contributed by atoms with van der Waals surface area (Å²) in [5, 5.41) is 3.00. The van der Waals surface area contributed by atoms with Crippen molar-refractivity contribution >= 4 is 15.9 Å². The Kier molecular flexibility index (Phi) is 9.03. The first-order valence-electron chi connectivity index (χ1n) is 10.5. The third-order valence-electron chi connectivity index (χ3n) is 5.29. The molecule has 0 aliphatic carbocycles. The van der Waals surface area contributed by atoms with Crippen LogP contribution in [-0.2, 0) is 10.0 Å². The van der Waals surface area contributed by atoms with Gasteiger partial charge in [0.2, 0.25) is 10.0 Å². The van der Waals surface area contributed by atoms with Crippen molar-refractivity contribution < 1.29 is 17.9 Å². The lowest BCUT2D eigenvalue weighted by atomic mass is 10.0. The van der Waals surface area contributed by atoms with Crippen molar-refractivity contribution in [2.24, 2.45) is 0 Å². The Hall–Kier alpha value is -2.42. The molecule has 0 unspecified atom stereocenters. The molecular weight excluding hydrogens is 414 g/mol. The number of carbonyl (C=O) groups is 1. The van der Waals surface area contributed by atoms with Gasteiger partial charge in [-0.1, -0.05) is 39.0 Å². The molecule has 0 heterocycles. The minimum Gasteiger partial charge on any atom is -0.497 e. The fourth-order valence-corrected chi connectivity index (χ4v) is 4.61. The maximum atomic E-state index is 13.0. The van der Waals surface area contributed by atoms with E-state index in [4.69, 9.17) is 4.74 Å². The number of methoxy groups -OCH3 is 1. The Morgan fingerprint density at radius 1 is 1.10 bits per heavy atom. The summed E-state index contributed by atoms with van der Waals surface area (Å²) < 4.78 is 32.5. The van der Waals surface area contributed by atoms with Gasteiger partial charge in [0, 0.05) is 18.7 Å². The molecule has 170 valence electrons. The number of likely N-dealkylation sites (N-methyl/N-ethyl adjacent to an activating group) is 1. The Morgan fingerprint density at radius 2 is 1.81 bits per heavy atom. The number of amides is 1. The number of hydrogen-bond acceptors (Lipinski definition) is 5. The van der Waals surface area contributed by atoms with E-state index in [1.165, 1.54) is 12.1 Å². The van der Waals surface area contributed by atoms with Crippen LogP contribution in [0.4, 0.5) is 0 Å². The highest BCUT2D eigenvalue weighted by atomic mass is 32.2. The monoisotopic (exact) mass is 447 g/mol. The van der Waals surface area contributed by atoms with E-state index in [1.807, 2.05) is 24.3 Å². The van der Waals surface area contributed by atoms with E-state index in [9.17, 15) is 13.2 Å². The van der Waals surface area contributed by atoms with Crippen LogP contribution in [0.25, 0.3) is 0 Å². The van der Waals surface area contributed by atoms with Crippen LogP contribution in [0.1, 0.15) is 48.3 Å². The molecule has 0 spiro atoms. The second-order valence-electron chi connectivity index (χ2n) is 7.20. The van der Waals surface area contributed by atoms with Crippen molar-refractivity contribution in [3.63, 3.8) is 0 Å². The lowest BCUT2D eigenvalue weighted by molar-refractivity contribution is 0.0934. The predicted octanol–water partition coefficient (Wildman–Crippen LogP) is 3.11. The van der Waals surface area contributed by atoms with Gasteiger partial charge < -0.3 is 10.1 Å². The number of benzene rings is 2. The van der Waals surface area contributed by atoms with Gasteiger partial charge in [0.25, 0.3) is 5.91 Å². The van der Waals surface area contributed by atoms with Crippen molar-refractivity contribution in [2.75, 3.05) is 33.3 Å². The number of nitrogens with zero attached hydrogens (tertiary/aromatic N) is 1. The number of ether oxygens (including phenoxy) is 1. The molecule has 0 saturated carbocycles. The first-order valence-corrected chi connectivity index (χ1v) is 12.0. The number of sulfonamides is 1. The quantitative estimate of drug-likeness (QED) is 0.553. The molecule has 0 aliphatic heterocycles. The molecule has 2 aromatic carbocycles. The maximum Gasteiger partial charge on any atom is 0.251 e. The second-order valence-corrected chi connectivity index (χ2v) is 8.97. The first kappa shape index (κ1) is 24.8. The molecule has 0 aliphatic rings. The molecule has 2 N–H and O–H groups in total. The fourth-order valence-electron chi connectivity index (χ4n) is 3.54. The minimum absolute atomic E-state index is 0.0389. The molecule has 0 fully saturated rings. The van der Waals surface area contributed by atoms with Crippen molar-refractivity contribution in [3.05, 3.63) is 59.2 Å². The molecule has 2 rings (SSSR count). The third kappa shape index (κ3) is 6.29. The number of nitrogens with one attached hydrogen (secondary N) is 2. The fraction of sp³-hybridized carbons (Fsp3) is 0.435. The van der Waals surface area contributed by atoms with E-state index < -0.39 is 10.0 Å². The third-order valence-corrected chi connectivity index (χ3v) is 6.83. The van der Waals surface area contributed by atoms with Gasteiger partial charge >= 0.3 is 0 Å². The Bertz CT molecular complexity index is 988. The zero-order valence-corrected chi connectivity index (χ0v) is 19.8. The van der Waals surface area contributed by atoms with Gasteiger partial charge in [0.1, 0.15) is 5.75 Å². The van der Waals surface area contributed by atoms with E-state index in [2.05, 4.69) is 28.8 Å². The highest BCUT2D eigenvalue weighted by Crippen LogP contribution is 2.24. The van der Waals surface area contributed by atoms with Gasteiger partial charge in [0.15, 0.2) is 0 Å². The lowest BCUT2D eigenvalue weighted by Gasteiger charge is -2.30. The molecule has 7 nitrogen and oxygen atoms in total. The summed E-state index contributed by atoms with van der Waals surface area (Å²) in [5.74, 6) is 0.462. The van der Waals surface area contributed by atoms with Gasteiger partial charge in [-0.2, -0.15) is 0 Å². The van der Waals surface area contributed by atoms with Gasteiger partial charge in [-0.25, -0.2) is 13.1 Å². The molecule has 1 amide bonds. The van der Waals surface area contributed by atoms with Crippen LogP contribution in [0.5, 0.6) is 5.75 Å². The van der Waals surface area contributed by atoms with Gasteiger partial charge in [-0.15, -0.1) is 0 Å². The number of carbonyl (C=O) groups excluding carboxylic acids is 1. The van der Waals surface area contributed by atoms with Crippen molar-refractivity contribution in [1.82, 2.24) is 14.9 Å². The van der Waals surface area contributed by atoms with Gasteiger partial charge in [-0.3, -0.25) is 9.69 Å². The Morgan fingerprint density at radius 3 is 2.42 bits per heavy atom. The molecule has 1 atom stereocenters. The van der Waals surface area contributed by atoms with Crippen LogP contribution in [0, 0.1) is 6.92 Å². The summed E-state index contributed by atoms with van der Waals surface area (Å²) in [6, 6.07) is 12.4. The van der Waals surface area contributed by atoms with E-state index in [1.54, 1.807) is 27.0 Å². The standard InChI is InChI=1S/C23H33N3O4S/c1-6-25-31(28,29)20-13-12-17(4)21(15-20)23(27)24-16-22(26(7-2)8-3)18-10-9-11-19(14-18)30-5/h9-15,22,25H,6-8,16H2,1-5H3,(H,24,27)/t22-/m1/s1. The zero-order chi connectivity index (χ0) is 23.0. The normalized spacial score (nSPS) is 12.6. The summed E-state index contributed by atoms with van der Waals surface area (Å²) in [5.41, 5.74) is 2.11. The zero-order valence-electron chi connectivity index (χ0n) is 18.9. The van der Waals surface area contributed by atoms with Crippen LogP contribution < -0.4 is 14.8 Å². The number of hydrogen-bond donors (Lipinski definition) is 2. The molecule has 31 heavy (non-hydrogen) atoms. The van der Waals surface area contributed by atoms with Crippen LogP contribution in [0.15, 0.2) is 47.4 Å². The van der Waals surface area contributed by atoms with Crippen LogP contribution in [-0.4, -0.2) is 52.5 Å². The van der Waals surface area contributed by atoms with Gasteiger partial charge in [-0.05, 0) is 55.4 Å². The summed E-state index contributed by atoms with van der Waals surface area (Å²) in [7, 11) is -2.01. The van der Waals surface area contributed by atoms with E-state index in [0.29, 0.717) is 17.7 Å². The summed E-state index contributed by atoms with van der Waals surface area (Å²) >= 11 is 0. The van der Waals surface area contributed by atoms with Crippen LogP contribution in [0.2, 0.25) is 0 Å². The highest BCUT2D eigenvalue weighted by Gasteiger charge is 2.21. The topological polar surface area (TPSA) is 87.7 Å². The SMILES string of the molecule is CCNS(=O)(=O)c1ccc(C)c(C(=O)NC[C@H](c2cccc(OC)c2)N(CC)CC)c1. The van der Waals surface area contributed by atoms with Crippen LogP contribution >= 0.6 is 0 Å². The minimum atomic E-state index is -3.64. The Labute approximate surface area is 185 Å². The van der Waals surface area contributed by atoms with Gasteiger partial charge in [0.05, 0.1) is 18.0 Å². The first-order chi connectivity index (χ1) is 14.8. The largest absolute Gasteiger partial charge is 0.497 e. The summed E-state index contributed by atoms with van der Waals surface area (Å²) in [6.45, 7) is 9.98. The lowest BCUT2D eigenvalue weighted by Crippen LogP contribution is -2.38. The molecular formula is C23H33N3O4S. The maximum absolute atomic E-state index is 13.0. The average molecular weight is 448 g/mol. The smallest absolute Gasteiger partial charge is 0.251 e. The number of aryl methyl sites for hydroxylation is 1. The predicted molar refractivity (Wildman–Crippen MR) is 123 cm³/mol. The molecule has 8 heteroatoms. The molecule has 0 saturated heterocycles. The molecule has 2 aromatic rings. The summed E-state index contributed by atoms with van der Waals surface area (Å²) in [4.78, 5) is 15.3. The van der Waals surface area contributed by atoms with Crippen molar-refractivity contribution in [1.29, 1.82) is 0 Å². The second kappa shape index (κ2) is 11.3. The van der Waals surface area contributed by atoms with E-state index in [0.717, 1.165) is 24.4 Å².